The number of nitrogen functional groups attached to an aromatic ring is 1. The summed E-state index contributed by atoms with van der Waals surface area (Å²) in [5.41, 5.74) is 12.3. The Bertz CT molecular complexity index is 407. The van der Waals surface area contributed by atoms with E-state index in [0.29, 0.717) is 22.0 Å². The number of halogens is 1. The molecule has 1 amide bonds. The van der Waals surface area contributed by atoms with Gasteiger partial charge in [-0.25, -0.2) is 0 Å². The van der Waals surface area contributed by atoms with Gasteiger partial charge in [-0.15, -0.1) is 0 Å². The van der Waals surface area contributed by atoms with Crippen molar-refractivity contribution in [1.29, 1.82) is 0 Å². The summed E-state index contributed by atoms with van der Waals surface area (Å²) in [7, 11) is 0. The fourth-order valence-corrected chi connectivity index (χ4v) is 1.88. The molecule has 0 spiro atoms. The number of carbonyl (C=O) groups is 1. The van der Waals surface area contributed by atoms with Gasteiger partial charge in [0.15, 0.2) is 0 Å². The van der Waals surface area contributed by atoms with Crippen LogP contribution in [0.2, 0.25) is 5.02 Å². The van der Waals surface area contributed by atoms with Gasteiger partial charge in [0, 0.05) is 12.2 Å². The van der Waals surface area contributed by atoms with Crippen LogP contribution in [0, 0.1) is 0 Å². The number of nitrogens with two attached hydrogens (primary N) is 2. The van der Waals surface area contributed by atoms with Crippen LogP contribution >= 0.6 is 11.6 Å². The Morgan fingerprint density at radius 2 is 2.12 bits per heavy atom. The molecular weight excluding hydrogens is 238 g/mol. The summed E-state index contributed by atoms with van der Waals surface area (Å²) in [6.07, 6.45) is 3.29. The lowest BCUT2D eigenvalue weighted by atomic mass is 10.1. The second kappa shape index (κ2) is 6.35. The molecule has 0 atom stereocenters. The molecule has 0 saturated heterocycles. The quantitative estimate of drug-likeness (QED) is 0.540. The summed E-state index contributed by atoms with van der Waals surface area (Å²) in [5.74, 6) is -0.530. The summed E-state index contributed by atoms with van der Waals surface area (Å²) in [6.45, 7) is 2.89. The average Bonchev–Trinajstić information content (AvgIpc) is 2.25. The van der Waals surface area contributed by atoms with Gasteiger partial charge in [-0.3, -0.25) is 4.79 Å². The molecule has 0 aliphatic rings. The molecule has 0 bridgehead atoms. The summed E-state index contributed by atoms with van der Waals surface area (Å²) < 4.78 is 0. The summed E-state index contributed by atoms with van der Waals surface area (Å²) >= 11 is 6.04. The minimum Gasteiger partial charge on any atom is -0.399 e. The van der Waals surface area contributed by atoms with Gasteiger partial charge in [0.2, 0.25) is 0 Å². The lowest BCUT2D eigenvalue weighted by molar-refractivity contribution is 0.100. The van der Waals surface area contributed by atoms with Crippen LogP contribution in [-0.2, 0) is 0 Å². The molecule has 0 radical (unpaired) electrons. The minimum atomic E-state index is -0.530. The molecule has 0 aromatic heterocycles. The number of carbonyl (C=O) groups excluding carboxylic acids is 1. The molecule has 0 heterocycles. The maximum atomic E-state index is 11.3. The number of unbranched alkanes of at least 4 members (excludes halogenated alkanes) is 2. The van der Waals surface area contributed by atoms with E-state index in [1.807, 2.05) is 0 Å². The van der Waals surface area contributed by atoms with Crippen molar-refractivity contribution in [2.45, 2.75) is 26.2 Å². The number of benzene rings is 1. The zero-order valence-corrected chi connectivity index (χ0v) is 10.7. The van der Waals surface area contributed by atoms with Crippen LogP contribution < -0.4 is 16.8 Å². The van der Waals surface area contributed by atoms with E-state index in [1.165, 1.54) is 6.07 Å². The monoisotopic (exact) mass is 255 g/mol. The Labute approximate surface area is 106 Å². The predicted octanol–water partition coefficient (Wildman–Crippen LogP) is 2.62. The highest BCUT2D eigenvalue weighted by molar-refractivity contribution is 6.34. The van der Waals surface area contributed by atoms with Crippen molar-refractivity contribution in [2.75, 3.05) is 17.6 Å². The third-order valence-corrected chi connectivity index (χ3v) is 2.76. The largest absolute Gasteiger partial charge is 0.399 e. The topological polar surface area (TPSA) is 81.1 Å². The van der Waals surface area contributed by atoms with Gasteiger partial charge < -0.3 is 16.8 Å². The van der Waals surface area contributed by atoms with Crippen LogP contribution in [0.25, 0.3) is 0 Å². The normalized spacial score (nSPS) is 10.2. The van der Waals surface area contributed by atoms with E-state index in [9.17, 15) is 4.79 Å². The highest BCUT2D eigenvalue weighted by Gasteiger charge is 2.12. The van der Waals surface area contributed by atoms with Gasteiger partial charge in [0.25, 0.3) is 5.91 Å². The zero-order chi connectivity index (χ0) is 12.8. The SMILES string of the molecule is CCCCCNc1c(Cl)cc(N)cc1C(N)=O. The maximum Gasteiger partial charge on any atom is 0.250 e. The van der Waals surface area contributed by atoms with Crippen molar-refractivity contribution in [3.8, 4) is 0 Å². The number of nitrogens with one attached hydrogen (secondary N) is 1. The number of anilines is 2. The molecule has 1 rings (SSSR count). The molecule has 17 heavy (non-hydrogen) atoms. The summed E-state index contributed by atoms with van der Waals surface area (Å²) in [6, 6.07) is 3.15. The van der Waals surface area contributed by atoms with Crippen molar-refractivity contribution in [1.82, 2.24) is 0 Å². The first-order valence-corrected chi connectivity index (χ1v) is 6.06. The second-order valence-corrected chi connectivity index (χ2v) is 4.33. The second-order valence-electron chi connectivity index (χ2n) is 3.92. The summed E-state index contributed by atoms with van der Waals surface area (Å²) in [5, 5.41) is 3.56. The molecule has 0 fully saturated rings. The smallest absolute Gasteiger partial charge is 0.250 e. The lowest BCUT2D eigenvalue weighted by Crippen LogP contribution is -2.16. The number of rotatable bonds is 6. The highest BCUT2D eigenvalue weighted by Crippen LogP contribution is 2.29. The lowest BCUT2D eigenvalue weighted by Gasteiger charge is -2.12. The molecule has 0 aliphatic carbocycles. The fraction of sp³-hybridized carbons (Fsp3) is 0.417. The van der Waals surface area contributed by atoms with E-state index in [4.69, 9.17) is 23.1 Å². The van der Waals surface area contributed by atoms with Gasteiger partial charge in [-0.05, 0) is 18.6 Å². The number of hydrogen-bond acceptors (Lipinski definition) is 3. The van der Waals surface area contributed by atoms with E-state index in [1.54, 1.807) is 6.07 Å². The van der Waals surface area contributed by atoms with E-state index in [-0.39, 0.29) is 0 Å². The molecule has 1 aromatic rings. The Morgan fingerprint density at radius 3 is 2.71 bits per heavy atom. The van der Waals surface area contributed by atoms with Crippen LogP contribution in [0.15, 0.2) is 12.1 Å². The first-order valence-electron chi connectivity index (χ1n) is 5.69. The van der Waals surface area contributed by atoms with Crippen molar-refractivity contribution in [3.05, 3.63) is 22.7 Å². The minimum absolute atomic E-state index is 0.339. The van der Waals surface area contributed by atoms with Gasteiger partial charge in [0.1, 0.15) is 0 Å². The standard InChI is InChI=1S/C12H18ClN3O/c1-2-3-4-5-16-11-9(12(15)17)6-8(14)7-10(11)13/h6-7,16H,2-5,14H2,1H3,(H2,15,17). The first kappa shape index (κ1) is 13.6. The van der Waals surface area contributed by atoms with Crippen LogP contribution in [0.1, 0.15) is 36.5 Å². The van der Waals surface area contributed by atoms with Gasteiger partial charge in [-0.1, -0.05) is 31.4 Å². The third-order valence-electron chi connectivity index (χ3n) is 2.46. The maximum absolute atomic E-state index is 11.3. The van der Waals surface area contributed by atoms with Crippen molar-refractivity contribution < 1.29 is 4.79 Å². The van der Waals surface area contributed by atoms with Crippen LogP contribution in [-0.4, -0.2) is 12.5 Å². The average molecular weight is 256 g/mol. The van der Waals surface area contributed by atoms with Gasteiger partial charge in [-0.2, -0.15) is 0 Å². The van der Waals surface area contributed by atoms with Gasteiger partial charge in [0.05, 0.1) is 16.3 Å². The molecule has 5 heteroatoms. The highest BCUT2D eigenvalue weighted by atomic mass is 35.5. The van der Waals surface area contributed by atoms with Gasteiger partial charge >= 0.3 is 0 Å². The first-order chi connectivity index (χ1) is 8.06. The number of hydrogen-bond donors (Lipinski definition) is 3. The van der Waals surface area contributed by atoms with Crippen molar-refractivity contribution in [3.63, 3.8) is 0 Å². The number of primary amides is 1. The predicted molar refractivity (Wildman–Crippen MR) is 72.4 cm³/mol. The Morgan fingerprint density at radius 1 is 1.41 bits per heavy atom. The summed E-state index contributed by atoms with van der Waals surface area (Å²) in [4.78, 5) is 11.3. The van der Waals surface area contributed by atoms with E-state index >= 15 is 0 Å². The van der Waals surface area contributed by atoms with E-state index in [2.05, 4.69) is 12.2 Å². The Hall–Kier alpha value is -1.42. The number of amides is 1. The zero-order valence-electron chi connectivity index (χ0n) is 9.92. The van der Waals surface area contributed by atoms with Crippen LogP contribution in [0.4, 0.5) is 11.4 Å². The molecule has 1 aromatic carbocycles. The molecule has 4 nitrogen and oxygen atoms in total. The van der Waals surface area contributed by atoms with E-state index < -0.39 is 5.91 Å². The van der Waals surface area contributed by atoms with Crippen molar-refractivity contribution >= 4 is 28.9 Å². The molecule has 0 saturated carbocycles. The van der Waals surface area contributed by atoms with Crippen LogP contribution in [0.5, 0.6) is 0 Å². The fourth-order valence-electron chi connectivity index (χ4n) is 1.59. The molecule has 0 unspecified atom stereocenters. The molecule has 94 valence electrons. The Kier molecular flexibility index (Phi) is 5.10. The van der Waals surface area contributed by atoms with Crippen molar-refractivity contribution in [2.24, 2.45) is 5.73 Å². The van der Waals surface area contributed by atoms with E-state index in [0.717, 1.165) is 25.8 Å². The molecule has 0 aliphatic heterocycles. The van der Waals surface area contributed by atoms with Crippen LogP contribution in [0.3, 0.4) is 0 Å². The molecule has 5 N–H and O–H groups in total. The molecular formula is C12H18ClN3O. The Balaban J connectivity index is 2.85. The third kappa shape index (κ3) is 3.82.